The van der Waals surface area contributed by atoms with E-state index in [1.807, 2.05) is 4.57 Å². The van der Waals surface area contributed by atoms with E-state index in [9.17, 15) is 0 Å². The highest BCUT2D eigenvalue weighted by Gasteiger charge is 2.32. The first kappa shape index (κ1) is 8.69. The molecule has 72 valence electrons. The predicted molar refractivity (Wildman–Crippen MR) is 48.1 cm³/mol. The van der Waals surface area contributed by atoms with Gasteiger partial charge in [-0.25, -0.2) is 0 Å². The summed E-state index contributed by atoms with van der Waals surface area (Å²) in [6.07, 6.45) is 6.59. The molecule has 0 bridgehead atoms. The molecule has 0 unspecified atom stereocenters. The Labute approximate surface area is 77.6 Å². The van der Waals surface area contributed by atoms with Crippen molar-refractivity contribution in [2.24, 2.45) is 0 Å². The van der Waals surface area contributed by atoms with Crippen LogP contribution in [0.4, 0.5) is 0 Å². The van der Waals surface area contributed by atoms with E-state index in [1.54, 1.807) is 6.33 Å². The maximum absolute atomic E-state index is 9.06. The third-order valence-electron chi connectivity index (χ3n) is 3.02. The highest BCUT2D eigenvalue weighted by atomic mass is 16.3. The number of aromatic nitrogens is 3. The molecular weight excluding hydrogens is 166 g/mol. The average Bonchev–Trinajstić information content (AvgIpc) is 2.72. The molecular formula is C9H15N3O. The van der Waals surface area contributed by atoms with E-state index in [0.29, 0.717) is 5.82 Å². The van der Waals surface area contributed by atoms with E-state index < -0.39 is 0 Å². The molecule has 4 nitrogen and oxygen atoms in total. The second kappa shape index (κ2) is 3.10. The van der Waals surface area contributed by atoms with Crippen LogP contribution in [0, 0.1) is 0 Å². The Bertz CT molecular complexity index is 289. The van der Waals surface area contributed by atoms with Crippen LogP contribution < -0.4 is 0 Å². The average molecular weight is 181 g/mol. The van der Waals surface area contributed by atoms with Crippen molar-refractivity contribution in [3.8, 4) is 0 Å². The molecule has 0 amide bonds. The topological polar surface area (TPSA) is 50.9 Å². The SMILES string of the molecule is CC1(n2cnnc2CO)CCCC1. The molecule has 0 spiro atoms. The molecule has 1 N–H and O–H groups in total. The maximum atomic E-state index is 9.06. The summed E-state index contributed by atoms with van der Waals surface area (Å²) in [5, 5.41) is 16.8. The molecule has 1 saturated carbocycles. The fourth-order valence-corrected chi connectivity index (χ4v) is 2.20. The van der Waals surface area contributed by atoms with E-state index in [0.717, 1.165) is 12.8 Å². The summed E-state index contributed by atoms with van der Waals surface area (Å²) in [7, 11) is 0. The zero-order chi connectivity index (χ0) is 9.31. The van der Waals surface area contributed by atoms with Gasteiger partial charge >= 0.3 is 0 Å². The van der Waals surface area contributed by atoms with Crippen LogP contribution in [0.15, 0.2) is 6.33 Å². The van der Waals surface area contributed by atoms with Gasteiger partial charge in [-0.2, -0.15) is 0 Å². The van der Waals surface area contributed by atoms with Crippen LogP contribution in [0.3, 0.4) is 0 Å². The number of hydrogen-bond donors (Lipinski definition) is 1. The lowest BCUT2D eigenvalue weighted by Gasteiger charge is -2.26. The van der Waals surface area contributed by atoms with Crippen molar-refractivity contribution in [1.29, 1.82) is 0 Å². The predicted octanol–water partition coefficient (Wildman–Crippen LogP) is 1.06. The van der Waals surface area contributed by atoms with Gasteiger partial charge in [0, 0.05) is 5.54 Å². The van der Waals surface area contributed by atoms with Crippen LogP contribution in [-0.2, 0) is 12.1 Å². The largest absolute Gasteiger partial charge is 0.388 e. The fraction of sp³-hybridized carbons (Fsp3) is 0.778. The maximum Gasteiger partial charge on any atom is 0.159 e. The van der Waals surface area contributed by atoms with Crippen molar-refractivity contribution >= 4 is 0 Å². The first-order valence-electron chi connectivity index (χ1n) is 4.76. The number of nitrogens with zero attached hydrogens (tertiary/aromatic N) is 3. The molecule has 0 saturated heterocycles. The number of hydrogen-bond acceptors (Lipinski definition) is 3. The molecule has 1 heterocycles. The first-order chi connectivity index (χ1) is 6.26. The zero-order valence-electron chi connectivity index (χ0n) is 7.90. The van der Waals surface area contributed by atoms with Gasteiger partial charge in [-0.15, -0.1) is 10.2 Å². The monoisotopic (exact) mass is 181 g/mol. The summed E-state index contributed by atoms with van der Waals surface area (Å²) in [5.74, 6) is 0.685. The molecule has 1 fully saturated rings. The summed E-state index contributed by atoms with van der Waals surface area (Å²) in [4.78, 5) is 0. The van der Waals surface area contributed by atoms with Crippen LogP contribution in [-0.4, -0.2) is 19.9 Å². The Morgan fingerprint density at radius 1 is 1.54 bits per heavy atom. The van der Waals surface area contributed by atoms with E-state index in [4.69, 9.17) is 5.11 Å². The quantitative estimate of drug-likeness (QED) is 0.742. The molecule has 1 aromatic heterocycles. The Morgan fingerprint density at radius 3 is 2.85 bits per heavy atom. The summed E-state index contributed by atoms with van der Waals surface area (Å²) < 4.78 is 2.03. The van der Waals surface area contributed by atoms with Crippen LogP contribution in [0.25, 0.3) is 0 Å². The third kappa shape index (κ3) is 1.35. The number of aliphatic hydroxyl groups excluding tert-OH is 1. The molecule has 0 radical (unpaired) electrons. The molecule has 1 aliphatic rings. The Kier molecular flexibility index (Phi) is 2.07. The molecule has 13 heavy (non-hydrogen) atoms. The van der Waals surface area contributed by atoms with Gasteiger partial charge in [0.05, 0.1) is 0 Å². The lowest BCUT2D eigenvalue weighted by atomic mass is 10.0. The second-order valence-electron chi connectivity index (χ2n) is 3.98. The molecule has 0 aliphatic heterocycles. The second-order valence-corrected chi connectivity index (χ2v) is 3.98. The summed E-state index contributed by atoms with van der Waals surface area (Å²) in [6, 6.07) is 0. The summed E-state index contributed by atoms with van der Waals surface area (Å²) in [5.41, 5.74) is 0.140. The van der Waals surface area contributed by atoms with E-state index >= 15 is 0 Å². The lowest BCUT2D eigenvalue weighted by molar-refractivity contribution is 0.238. The Morgan fingerprint density at radius 2 is 2.23 bits per heavy atom. The van der Waals surface area contributed by atoms with Gasteiger partial charge in [0.25, 0.3) is 0 Å². The standard InChI is InChI=1S/C9H15N3O/c1-9(4-2-3-5-9)12-7-10-11-8(12)6-13/h7,13H,2-6H2,1H3. The van der Waals surface area contributed by atoms with Crippen molar-refractivity contribution in [1.82, 2.24) is 14.8 Å². The number of rotatable bonds is 2. The Hall–Kier alpha value is -0.900. The van der Waals surface area contributed by atoms with E-state index in [2.05, 4.69) is 17.1 Å². The fourth-order valence-electron chi connectivity index (χ4n) is 2.20. The summed E-state index contributed by atoms with van der Waals surface area (Å²) in [6.45, 7) is 2.19. The smallest absolute Gasteiger partial charge is 0.159 e. The summed E-state index contributed by atoms with van der Waals surface area (Å²) >= 11 is 0. The zero-order valence-corrected chi connectivity index (χ0v) is 7.90. The first-order valence-corrected chi connectivity index (χ1v) is 4.76. The van der Waals surface area contributed by atoms with Gasteiger partial charge in [0.2, 0.25) is 0 Å². The van der Waals surface area contributed by atoms with Crippen molar-refractivity contribution in [2.45, 2.75) is 44.8 Å². The highest BCUT2D eigenvalue weighted by molar-refractivity contribution is 4.96. The van der Waals surface area contributed by atoms with Crippen LogP contribution in [0.1, 0.15) is 38.4 Å². The van der Waals surface area contributed by atoms with Crippen molar-refractivity contribution < 1.29 is 5.11 Å². The minimum atomic E-state index is -0.0183. The van der Waals surface area contributed by atoms with Gasteiger partial charge < -0.3 is 9.67 Å². The van der Waals surface area contributed by atoms with Gasteiger partial charge in [-0.1, -0.05) is 12.8 Å². The number of aliphatic hydroxyl groups is 1. The van der Waals surface area contributed by atoms with Crippen LogP contribution in [0.2, 0.25) is 0 Å². The van der Waals surface area contributed by atoms with Crippen LogP contribution >= 0.6 is 0 Å². The third-order valence-corrected chi connectivity index (χ3v) is 3.02. The Balaban J connectivity index is 2.32. The minimum absolute atomic E-state index is 0.0183. The lowest BCUT2D eigenvalue weighted by Crippen LogP contribution is -2.27. The van der Waals surface area contributed by atoms with Gasteiger partial charge in [0.1, 0.15) is 12.9 Å². The van der Waals surface area contributed by atoms with E-state index in [1.165, 1.54) is 12.8 Å². The van der Waals surface area contributed by atoms with Crippen molar-refractivity contribution in [2.75, 3.05) is 0 Å². The van der Waals surface area contributed by atoms with Crippen molar-refractivity contribution in [3.05, 3.63) is 12.2 Å². The molecule has 1 aromatic rings. The minimum Gasteiger partial charge on any atom is -0.388 e. The molecule has 2 rings (SSSR count). The molecule has 1 aliphatic carbocycles. The van der Waals surface area contributed by atoms with E-state index in [-0.39, 0.29) is 12.1 Å². The highest BCUT2D eigenvalue weighted by Crippen LogP contribution is 2.36. The molecule has 0 atom stereocenters. The molecule has 4 heteroatoms. The molecule has 0 aromatic carbocycles. The van der Waals surface area contributed by atoms with Gasteiger partial charge in [-0.3, -0.25) is 0 Å². The normalized spacial score (nSPS) is 20.8. The van der Waals surface area contributed by atoms with Crippen LogP contribution in [0.5, 0.6) is 0 Å². The van der Waals surface area contributed by atoms with Gasteiger partial charge in [0.15, 0.2) is 5.82 Å². The van der Waals surface area contributed by atoms with Gasteiger partial charge in [-0.05, 0) is 19.8 Å². The van der Waals surface area contributed by atoms with Crippen molar-refractivity contribution in [3.63, 3.8) is 0 Å².